The summed E-state index contributed by atoms with van der Waals surface area (Å²) in [4.78, 5) is 11.0. The quantitative estimate of drug-likeness (QED) is 0.810. The van der Waals surface area contributed by atoms with Gasteiger partial charge in [0.1, 0.15) is 0 Å². The molecular formula is C14H10Cl2N2O2. The van der Waals surface area contributed by atoms with Crippen LogP contribution in [-0.4, -0.2) is 11.1 Å². The van der Waals surface area contributed by atoms with Crippen molar-refractivity contribution >= 4 is 34.9 Å². The van der Waals surface area contributed by atoms with Crippen LogP contribution in [-0.2, 0) is 6.54 Å². The zero-order valence-electron chi connectivity index (χ0n) is 10.3. The molecular weight excluding hydrogens is 299 g/mol. The third-order valence-corrected chi connectivity index (χ3v) is 3.31. The average Bonchev–Trinajstić information content (AvgIpc) is 2.42. The molecule has 20 heavy (non-hydrogen) atoms. The first-order valence-electron chi connectivity index (χ1n) is 5.72. The Balaban J connectivity index is 2.21. The van der Waals surface area contributed by atoms with E-state index in [2.05, 4.69) is 10.2 Å². The van der Waals surface area contributed by atoms with Crippen LogP contribution >= 0.6 is 23.2 Å². The van der Waals surface area contributed by atoms with Gasteiger partial charge in [0.05, 0.1) is 17.8 Å². The van der Waals surface area contributed by atoms with Crippen molar-refractivity contribution in [1.29, 1.82) is 0 Å². The molecule has 0 heterocycles. The fourth-order valence-electron chi connectivity index (χ4n) is 1.61. The van der Waals surface area contributed by atoms with E-state index in [9.17, 15) is 4.79 Å². The molecule has 6 heteroatoms. The van der Waals surface area contributed by atoms with Gasteiger partial charge in [0.2, 0.25) is 0 Å². The first kappa shape index (κ1) is 14.5. The summed E-state index contributed by atoms with van der Waals surface area (Å²) in [5.74, 6) is -1.05. The summed E-state index contributed by atoms with van der Waals surface area (Å²) in [6, 6.07) is 11.6. The van der Waals surface area contributed by atoms with Crippen LogP contribution in [0, 0.1) is 0 Å². The Morgan fingerprint density at radius 3 is 2.35 bits per heavy atom. The monoisotopic (exact) mass is 308 g/mol. The highest BCUT2D eigenvalue weighted by molar-refractivity contribution is 6.35. The largest absolute Gasteiger partial charge is 0.478 e. The molecule has 0 amide bonds. The third kappa shape index (κ3) is 3.35. The van der Waals surface area contributed by atoms with Crippen LogP contribution in [0.1, 0.15) is 15.9 Å². The second kappa shape index (κ2) is 6.50. The molecule has 0 radical (unpaired) electrons. The number of aromatic carboxylic acids is 1. The molecule has 0 aliphatic heterocycles. The van der Waals surface area contributed by atoms with E-state index < -0.39 is 5.97 Å². The maximum Gasteiger partial charge on any atom is 0.337 e. The van der Waals surface area contributed by atoms with Crippen molar-refractivity contribution in [2.45, 2.75) is 6.54 Å². The number of carboxylic acids is 1. The maximum atomic E-state index is 11.0. The summed E-state index contributed by atoms with van der Waals surface area (Å²) in [6.45, 7) is 0.187. The van der Waals surface area contributed by atoms with E-state index in [0.29, 0.717) is 21.3 Å². The van der Waals surface area contributed by atoms with Gasteiger partial charge in [-0.25, -0.2) is 4.79 Å². The molecule has 1 N–H and O–H groups in total. The number of azo groups is 1. The smallest absolute Gasteiger partial charge is 0.337 e. The van der Waals surface area contributed by atoms with E-state index in [1.165, 1.54) is 6.07 Å². The van der Waals surface area contributed by atoms with Crippen LogP contribution in [0.4, 0.5) is 5.69 Å². The van der Waals surface area contributed by atoms with Crippen molar-refractivity contribution in [1.82, 2.24) is 0 Å². The van der Waals surface area contributed by atoms with Gasteiger partial charge in [0.15, 0.2) is 0 Å². The predicted molar refractivity (Wildman–Crippen MR) is 78.1 cm³/mol. The fraction of sp³-hybridized carbons (Fsp3) is 0.0714. The molecule has 4 nitrogen and oxygen atoms in total. The number of halogens is 2. The highest BCUT2D eigenvalue weighted by Gasteiger charge is 2.08. The Kier molecular flexibility index (Phi) is 4.71. The van der Waals surface area contributed by atoms with Gasteiger partial charge in [0.25, 0.3) is 0 Å². The van der Waals surface area contributed by atoms with E-state index in [1.54, 1.807) is 36.4 Å². The van der Waals surface area contributed by atoms with Crippen LogP contribution in [0.2, 0.25) is 10.0 Å². The van der Waals surface area contributed by atoms with Gasteiger partial charge in [-0.2, -0.15) is 10.2 Å². The molecule has 0 aromatic heterocycles. The number of nitrogens with zero attached hydrogens (tertiary/aromatic N) is 2. The third-order valence-electron chi connectivity index (χ3n) is 2.60. The Labute approximate surface area is 125 Å². The zero-order chi connectivity index (χ0) is 14.5. The molecule has 0 unspecified atom stereocenters. The first-order valence-corrected chi connectivity index (χ1v) is 6.48. The van der Waals surface area contributed by atoms with Crippen LogP contribution in [0.25, 0.3) is 0 Å². The number of carboxylic acid groups (broad SMARTS) is 1. The highest BCUT2D eigenvalue weighted by atomic mass is 35.5. The van der Waals surface area contributed by atoms with Crippen LogP contribution in [0.15, 0.2) is 52.7 Å². The number of hydrogen-bond donors (Lipinski definition) is 1. The van der Waals surface area contributed by atoms with E-state index in [0.717, 1.165) is 0 Å². The van der Waals surface area contributed by atoms with Crippen molar-refractivity contribution in [3.63, 3.8) is 0 Å². The maximum absolute atomic E-state index is 11.0. The topological polar surface area (TPSA) is 62.0 Å². The van der Waals surface area contributed by atoms with E-state index in [1.807, 2.05) is 0 Å². The highest BCUT2D eigenvalue weighted by Crippen LogP contribution is 2.26. The minimum absolute atomic E-state index is 0.0986. The van der Waals surface area contributed by atoms with Gasteiger partial charge < -0.3 is 5.11 Å². The molecule has 0 bridgehead atoms. The van der Waals surface area contributed by atoms with Gasteiger partial charge in [-0.05, 0) is 24.3 Å². The molecule has 2 aromatic rings. The van der Waals surface area contributed by atoms with Crippen molar-refractivity contribution in [2.24, 2.45) is 10.2 Å². The Hall–Kier alpha value is -1.91. The molecule has 2 aromatic carbocycles. The molecule has 0 saturated heterocycles. The van der Waals surface area contributed by atoms with Crippen molar-refractivity contribution < 1.29 is 9.90 Å². The van der Waals surface area contributed by atoms with Crippen LogP contribution in [0.3, 0.4) is 0 Å². The van der Waals surface area contributed by atoms with Gasteiger partial charge in [-0.1, -0.05) is 41.4 Å². The Bertz CT molecular complexity index is 652. The second-order valence-corrected chi connectivity index (χ2v) is 4.74. The minimum atomic E-state index is -1.05. The summed E-state index contributed by atoms with van der Waals surface area (Å²) in [6.07, 6.45) is 0. The number of rotatable bonds is 4. The lowest BCUT2D eigenvalue weighted by atomic mass is 10.2. The summed E-state index contributed by atoms with van der Waals surface area (Å²) in [7, 11) is 0. The first-order chi connectivity index (χ1) is 9.59. The molecule has 0 aliphatic carbocycles. The van der Waals surface area contributed by atoms with Crippen molar-refractivity contribution in [3.05, 3.63) is 63.6 Å². The zero-order valence-corrected chi connectivity index (χ0v) is 11.8. The SMILES string of the molecule is O=C(O)c1ccccc1N=NCc1c(Cl)cccc1Cl. The second-order valence-electron chi connectivity index (χ2n) is 3.92. The standard InChI is InChI=1S/C14H10Cl2N2O2/c15-11-5-3-6-12(16)10(11)8-17-18-13-7-2-1-4-9(13)14(19)20/h1-7H,8H2,(H,19,20). The minimum Gasteiger partial charge on any atom is -0.478 e. The van der Waals surface area contributed by atoms with E-state index >= 15 is 0 Å². The fourth-order valence-corrected chi connectivity index (χ4v) is 2.12. The molecule has 102 valence electrons. The molecule has 0 aliphatic rings. The molecule has 2 rings (SSSR count). The van der Waals surface area contributed by atoms with Crippen molar-refractivity contribution in [2.75, 3.05) is 0 Å². The van der Waals surface area contributed by atoms with Gasteiger partial charge >= 0.3 is 5.97 Å². The normalized spacial score (nSPS) is 10.9. The van der Waals surface area contributed by atoms with E-state index in [4.69, 9.17) is 28.3 Å². The molecule has 0 atom stereocenters. The van der Waals surface area contributed by atoms with Gasteiger partial charge in [-0.15, -0.1) is 0 Å². The lowest BCUT2D eigenvalue weighted by Gasteiger charge is -2.03. The Morgan fingerprint density at radius 2 is 1.70 bits per heavy atom. The summed E-state index contributed by atoms with van der Waals surface area (Å²) >= 11 is 12.0. The molecule has 0 saturated carbocycles. The predicted octanol–water partition coefficient (Wildman–Crippen LogP) is 4.98. The lowest BCUT2D eigenvalue weighted by molar-refractivity contribution is 0.0698. The van der Waals surface area contributed by atoms with Crippen LogP contribution < -0.4 is 0 Å². The number of carbonyl (C=O) groups is 1. The molecule has 0 fully saturated rings. The molecule has 0 spiro atoms. The van der Waals surface area contributed by atoms with Crippen molar-refractivity contribution in [3.8, 4) is 0 Å². The van der Waals surface area contributed by atoms with Gasteiger partial charge in [-0.3, -0.25) is 0 Å². The van der Waals surface area contributed by atoms with E-state index in [-0.39, 0.29) is 12.1 Å². The van der Waals surface area contributed by atoms with Crippen LogP contribution in [0.5, 0.6) is 0 Å². The average molecular weight is 309 g/mol. The summed E-state index contributed by atoms with van der Waals surface area (Å²) < 4.78 is 0. The lowest BCUT2D eigenvalue weighted by Crippen LogP contribution is -1.95. The van der Waals surface area contributed by atoms with Gasteiger partial charge in [0, 0.05) is 15.6 Å². The number of hydrogen-bond acceptors (Lipinski definition) is 3. The number of benzene rings is 2. The summed E-state index contributed by atoms with van der Waals surface area (Å²) in [5, 5.41) is 17.9. The summed E-state index contributed by atoms with van der Waals surface area (Å²) in [5.41, 5.74) is 1.05. The Morgan fingerprint density at radius 1 is 1.05 bits per heavy atom.